The Morgan fingerprint density at radius 3 is 2.90 bits per heavy atom. The maximum atomic E-state index is 11.7. The van der Waals surface area contributed by atoms with Crippen LogP contribution in [0.5, 0.6) is 0 Å². The van der Waals surface area contributed by atoms with E-state index in [0.29, 0.717) is 6.54 Å². The lowest BCUT2D eigenvalue weighted by Gasteiger charge is -2.04. The van der Waals surface area contributed by atoms with Gasteiger partial charge in [-0.1, -0.05) is 24.3 Å². The number of benzene rings is 1. The van der Waals surface area contributed by atoms with Gasteiger partial charge in [0.25, 0.3) is 0 Å². The number of aromatic nitrogens is 2. The van der Waals surface area contributed by atoms with Gasteiger partial charge in [-0.05, 0) is 23.3 Å². The zero-order valence-electron chi connectivity index (χ0n) is 11.3. The molecule has 0 saturated heterocycles. The molecule has 5 nitrogen and oxygen atoms in total. The van der Waals surface area contributed by atoms with Gasteiger partial charge in [-0.25, -0.2) is 0 Å². The number of carbonyl (C=O) groups is 1. The smallest absolute Gasteiger partial charge is 0.244 e. The van der Waals surface area contributed by atoms with Crippen molar-refractivity contribution in [1.82, 2.24) is 15.1 Å². The first-order valence-corrected chi connectivity index (χ1v) is 6.31. The molecule has 1 amide bonds. The largest absolute Gasteiger partial charge is 0.392 e. The van der Waals surface area contributed by atoms with Gasteiger partial charge in [-0.3, -0.25) is 9.48 Å². The number of nitrogens with one attached hydrogen (secondary N) is 1. The molecule has 0 radical (unpaired) electrons. The molecular weight excluding hydrogens is 254 g/mol. The van der Waals surface area contributed by atoms with Gasteiger partial charge in [0.05, 0.1) is 12.3 Å². The van der Waals surface area contributed by atoms with Crippen molar-refractivity contribution < 1.29 is 9.90 Å². The van der Waals surface area contributed by atoms with Crippen LogP contribution in [0, 0.1) is 0 Å². The maximum Gasteiger partial charge on any atom is 0.244 e. The van der Waals surface area contributed by atoms with Crippen molar-refractivity contribution in [2.75, 3.05) is 0 Å². The Kier molecular flexibility index (Phi) is 4.68. The minimum Gasteiger partial charge on any atom is -0.392 e. The van der Waals surface area contributed by atoms with Crippen LogP contribution < -0.4 is 5.32 Å². The van der Waals surface area contributed by atoms with Gasteiger partial charge in [0.2, 0.25) is 5.91 Å². The molecule has 2 rings (SSSR count). The first kappa shape index (κ1) is 14.0. The summed E-state index contributed by atoms with van der Waals surface area (Å²) in [4.78, 5) is 11.7. The van der Waals surface area contributed by atoms with Crippen LogP contribution >= 0.6 is 0 Å². The van der Waals surface area contributed by atoms with Crippen molar-refractivity contribution in [2.45, 2.75) is 13.2 Å². The number of aliphatic hydroxyl groups excluding tert-OH is 1. The molecule has 0 bridgehead atoms. The number of hydrogen-bond donors (Lipinski definition) is 2. The molecule has 0 aliphatic rings. The van der Waals surface area contributed by atoms with Crippen LogP contribution in [0.4, 0.5) is 0 Å². The molecule has 1 aromatic carbocycles. The monoisotopic (exact) mass is 271 g/mol. The number of aryl methyl sites for hydroxylation is 1. The summed E-state index contributed by atoms with van der Waals surface area (Å²) in [6.07, 6.45) is 4.87. The summed E-state index contributed by atoms with van der Waals surface area (Å²) in [5.41, 5.74) is 2.66. The number of rotatable bonds is 5. The Morgan fingerprint density at radius 1 is 1.40 bits per heavy atom. The standard InChI is InChI=1S/C15H17N3O2/c1-18-14(7-8-17-18)5-6-15(20)16-10-12-3-2-4-13(9-12)11-19/h2-9,19H,10-11H2,1H3,(H,16,20). The fourth-order valence-corrected chi connectivity index (χ4v) is 1.79. The molecule has 0 aliphatic carbocycles. The highest BCUT2D eigenvalue weighted by Crippen LogP contribution is 2.05. The third kappa shape index (κ3) is 3.80. The first-order chi connectivity index (χ1) is 9.69. The summed E-state index contributed by atoms with van der Waals surface area (Å²) < 4.78 is 1.69. The van der Waals surface area contributed by atoms with Gasteiger partial charge in [-0.2, -0.15) is 5.10 Å². The van der Waals surface area contributed by atoms with Crippen LogP contribution in [0.3, 0.4) is 0 Å². The molecule has 104 valence electrons. The Bertz CT molecular complexity index is 617. The van der Waals surface area contributed by atoms with Gasteiger partial charge in [0.15, 0.2) is 0 Å². The number of amides is 1. The summed E-state index contributed by atoms with van der Waals surface area (Å²) in [5, 5.41) is 15.9. The van der Waals surface area contributed by atoms with E-state index in [2.05, 4.69) is 10.4 Å². The zero-order chi connectivity index (χ0) is 14.4. The van der Waals surface area contributed by atoms with Gasteiger partial charge < -0.3 is 10.4 Å². The molecule has 0 spiro atoms. The van der Waals surface area contributed by atoms with Crippen molar-refractivity contribution >= 4 is 12.0 Å². The second-order valence-corrected chi connectivity index (χ2v) is 4.41. The molecule has 2 N–H and O–H groups in total. The van der Waals surface area contributed by atoms with E-state index in [9.17, 15) is 4.79 Å². The predicted octanol–water partition coefficient (Wildman–Crippen LogP) is 1.24. The van der Waals surface area contributed by atoms with Crippen LogP contribution in [-0.4, -0.2) is 20.8 Å². The second-order valence-electron chi connectivity index (χ2n) is 4.41. The van der Waals surface area contributed by atoms with E-state index in [1.807, 2.05) is 37.4 Å². The van der Waals surface area contributed by atoms with Crippen molar-refractivity contribution in [2.24, 2.45) is 7.05 Å². The summed E-state index contributed by atoms with van der Waals surface area (Å²) in [5.74, 6) is -0.166. The first-order valence-electron chi connectivity index (χ1n) is 6.31. The van der Waals surface area contributed by atoms with Crippen molar-refractivity contribution in [1.29, 1.82) is 0 Å². The lowest BCUT2D eigenvalue weighted by molar-refractivity contribution is -0.116. The highest BCUT2D eigenvalue weighted by Gasteiger charge is 1.99. The van der Waals surface area contributed by atoms with Crippen molar-refractivity contribution in [3.8, 4) is 0 Å². The quantitative estimate of drug-likeness (QED) is 0.804. The molecule has 0 aliphatic heterocycles. The Balaban J connectivity index is 1.89. The van der Waals surface area contributed by atoms with E-state index in [-0.39, 0.29) is 12.5 Å². The zero-order valence-corrected chi connectivity index (χ0v) is 11.3. The van der Waals surface area contributed by atoms with Gasteiger partial charge in [0.1, 0.15) is 0 Å². The molecule has 0 unspecified atom stereocenters. The molecule has 0 saturated carbocycles. The minimum absolute atomic E-state index is 0.00216. The van der Waals surface area contributed by atoms with Crippen LogP contribution in [0.1, 0.15) is 16.8 Å². The van der Waals surface area contributed by atoms with E-state index in [1.165, 1.54) is 6.08 Å². The Hall–Kier alpha value is -2.40. The fourth-order valence-electron chi connectivity index (χ4n) is 1.79. The topological polar surface area (TPSA) is 67.2 Å². The SMILES string of the molecule is Cn1nccc1C=CC(=O)NCc1cccc(CO)c1. The van der Waals surface area contributed by atoms with E-state index in [1.54, 1.807) is 17.0 Å². The molecule has 20 heavy (non-hydrogen) atoms. The van der Waals surface area contributed by atoms with E-state index in [0.717, 1.165) is 16.8 Å². The summed E-state index contributed by atoms with van der Waals surface area (Å²) in [6.45, 7) is 0.435. The second kappa shape index (κ2) is 6.68. The maximum absolute atomic E-state index is 11.7. The summed E-state index contributed by atoms with van der Waals surface area (Å²) in [6, 6.07) is 9.30. The lowest BCUT2D eigenvalue weighted by Crippen LogP contribution is -2.20. The predicted molar refractivity (Wildman–Crippen MR) is 76.5 cm³/mol. The molecule has 1 heterocycles. The Morgan fingerprint density at radius 2 is 2.20 bits per heavy atom. The molecule has 0 atom stereocenters. The number of aliphatic hydroxyl groups is 1. The molecular formula is C15H17N3O2. The van der Waals surface area contributed by atoms with Crippen molar-refractivity contribution in [3.05, 3.63) is 59.4 Å². The van der Waals surface area contributed by atoms with Crippen molar-refractivity contribution in [3.63, 3.8) is 0 Å². The third-order valence-corrected chi connectivity index (χ3v) is 2.91. The van der Waals surface area contributed by atoms with Crippen LogP contribution in [-0.2, 0) is 25.0 Å². The number of nitrogens with zero attached hydrogens (tertiary/aromatic N) is 2. The van der Waals surface area contributed by atoms with E-state index >= 15 is 0 Å². The van der Waals surface area contributed by atoms with E-state index in [4.69, 9.17) is 5.11 Å². The van der Waals surface area contributed by atoms with E-state index < -0.39 is 0 Å². The van der Waals surface area contributed by atoms with Gasteiger partial charge in [-0.15, -0.1) is 0 Å². The van der Waals surface area contributed by atoms with Gasteiger partial charge in [0, 0.05) is 25.9 Å². The summed E-state index contributed by atoms with van der Waals surface area (Å²) >= 11 is 0. The van der Waals surface area contributed by atoms with Crippen LogP contribution in [0.15, 0.2) is 42.6 Å². The molecule has 0 fully saturated rings. The number of carbonyl (C=O) groups excluding carboxylic acids is 1. The highest BCUT2D eigenvalue weighted by atomic mass is 16.3. The van der Waals surface area contributed by atoms with Gasteiger partial charge >= 0.3 is 0 Å². The van der Waals surface area contributed by atoms with Crippen LogP contribution in [0.2, 0.25) is 0 Å². The number of hydrogen-bond acceptors (Lipinski definition) is 3. The highest BCUT2D eigenvalue weighted by molar-refractivity contribution is 5.91. The molecule has 2 aromatic rings. The molecule has 1 aromatic heterocycles. The molecule has 5 heteroatoms. The minimum atomic E-state index is -0.166. The normalized spacial score (nSPS) is 10.9. The lowest BCUT2D eigenvalue weighted by atomic mass is 10.1. The third-order valence-electron chi connectivity index (χ3n) is 2.91. The van der Waals surface area contributed by atoms with Crippen LogP contribution in [0.25, 0.3) is 6.08 Å². The summed E-state index contributed by atoms with van der Waals surface area (Å²) in [7, 11) is 1.82. The fraction of sp³-hybridized carbons (Fsp3) is 0.200. The average Bonchev–Trinajstić information content (AvgIpc) is 2.88. The Labute approximate surface area is 117 Å². The average molecular weight is 271 g/mol.